The lowest BCUT2D eigenvalue weighted by Crippen LogP contribution is -2.15. The largest absolute Gasteiger partial charge is 0.492 e. The molecule has 0 saturated heterocycles. The molecule has 0 saturated carbocycles. The molecule has 0 radical (unpaired) electrons. The molecule has 1 heterocycles. The van der Waals surface area contributed by atoms with Crippen LogP contribution in [0.3, 0.4) is 0 Å². The van der Waals surface area contributed by atoms with E-state index in [2.05, 4.69) is 15.5 Å². The maximum Gasteiger partial charge on any atom is 0.234 e. The molecule has 4 aromatic rings. The lowest BCUT2D eigenvalue weighted by molar-refractivity contribution is -0.113. The molecule has 0 aliphatic heterocycles. The average Bonchev–Trinajstić information content (AvgIpc) is 3.27. The maximum absolute atomic E-state index is 12.7. The molecular formula is C25H23ClN4O3S. The van der Waals surface area contributed by atoms with Crippen LogP contribution in [-0.2, 0) is 11.4 Å². The van der Waals surface area contributed by atoms with Gasteiger partial charge in [-0.15, -0.1) is 10.2 Å². The average molecular weight is 495 g/mol. The van der Waals surface area contributed by atoms with Gasteiger partial charge in [-0.2, -0.15) is 0 Å². The zero-order valence-corrected chi connectivity index (χ0v) is 20.1. The van der Waals surface area contributed by atoms with Gasteiger partial charge in [-0.25, -0.2) is 0 Å². The summed E-state index contributed by atoms with van der Waals surface area (Å²) < 4.78 is 13.3. The molecule has 0 bridgehead atoms. The molecule has 0 unspecified atom stereocenters. The van der Waals surface area contributed by atoms with Crippen molar-refractivity contribution < 1.29 is 14.3 Å². The second-order valence-electron chi connectivity index (χ2n) is 7.08. The van der Waals surface area contributed by atoms with Gasteiger partial charge in [0, 0.05) is 10.7 Å². The maximum atomic E-state index is 12.7. The normalized spacial score (nSPS) is 10.6. The third kappa shape index (κ3) is 6.09. The summed E-state index contributed by atoms with van der Waals surface area (Å²) in [6, 6.07) is 24.2. The number of para-hydroxylation sites is 3. The van der Waals surface area contributed by atoms with E-state index >= 15 is 0 Å². The van der Waals surface area contributed by atoms with Crippen LogP contribution >= 0.6 is 23.4 Å². The van der Waals surface area contributed by atoms with Crippen LogP contribution in [0.5, 0.6) is 11.5 Å². The third-order valence-corrected chi connectivity index (χ3v) is 5.87. The molecule has 9 heteroatoms. The van der Waals surface area contributed by atoms with Crippen molar-refractivity contribution in [2.75, 3.05) is 17.7 Å². The summed E-state index contributed by atoms with van der Waals surface area (Å²) in [7, 11) is 0. The molecule has 7 nitrogen and oxygen atoms in total. The zero-order valence-electron chi connectivity index (χ0n) is 18.5. The number of hydrogen-bond acceptors (Lipinski definition) is 6. The molecule has 1 N–H and O–H groups in total. The number of nitrogens with zero attached hydrogens (tertiary/aromatic N) is 3. The van der Waals surface area contributed by atoms with Crippen molar-refractivity contribution in [2.24, 2.45) is 0 Å². The second-order valence-corrected chi connectivity index (χ2v) is 8.46. The standard InChI is InChI=1S/C25H23ClN4O3S/c1-2-32-22-11-7-6-10-21(22)27-24(31)17-34-25-29-28-23(16-33-20-8-4-3-5-9-20)30(25)19-14-12-18(26)13-15-19/h3-15H,2,16-17H2,1H3,(H,27,31). The van der Waals surface area contributed by atoms with Gasteiger partial charge >= 0.3 is 0 Å². The van der Waals surface area contributed by atoms with Crippen LogP contribution in [0.25, 0.3) is 5.69 Å². The molecule has 4 rings (SSSR count). The minimum absolute atomic E-state index is 0.145. The highest BCUT2D eigenvalue weighted by Gasteiger charge is 2.17. The Labute approximate surface area is 207 Å². The first-order valence-corrected chi connectivity index (χ1v) is 12.0. The Morgan fingerprint density at radius 1 is 0.971 bits per heavy atom. The topological polar surface area (TPSA) is 78.3 Å². The molecular weight excluding hydrogens is 472 g/mol. The number of carbonyl (C=O) groups excluding carboxylic acids is 1. The van der Waals surface area contributed by atoms with Crippen molar-refractivity contribution >= 4 is 35.0 Å². The van der Waals surface area contributed by atoms with E-state index in [0.717, 1.165) is 11.4 Å². The van der Waals surface area contributed by atoms with Gasteiger partial charge in [0.2, 0.25) is 5.91 Å². The van der Waals surface area contributed by atoms with Crippen LogP contribution in [0.15, 0.2) is 84.0 Å². The molecule has 1 amide bonds. The minimum atomic E-state index is -0.176. The van der Waals surface area contributed by atoms with Gasteiger partial charge in [0.1, 0.15) is 18.1 Å². The predicted molar refractivity (Wildman–Crippen MR) is 134 cm³/mol. The summed E-state index contributed by atoms with van der Waals surface area (Å²) >= 11 is 7.36. The van der Waals surface area contributed by atoms with Crippen molar-refractivity contribution in [2.45, 2.75) is 18.7 Å². The fourth-order valence-corrected chi connectivity index (χ4v) is 4.07. The Balaban J connectivity index is 1.50. The summed E-state index contributed by atoms with van der Waals surface area (Å²) in [5.41, 5.74) is 1.46. The van der Waals surface area contributed by atoms with E-state index in [1.807, 2.05) is 78.2 Å². The number of hydrogen-bond donors (Lipinski definition) is 1. The number of amides is 1. The molecule has 174 valence electrons. The second kappa shape index (κ2) is 11.6. The van der Waals surface area contributed by atoms with Crippen molar-refractivity contribution in [3.8, 4) is 17.2 Å². The number of benzene rings is 3. The third-order valence-electron chi connectivity index (χ3n) is 4.69. The van der Waals surface area contributed by atoms with Crippen molar-refractivity contribution in [1.29, 1.82) is 0 Å². The molecule has 0 atom stereocenters. The number of carbonyl (C=O) groups is 1. The van der Waals surface area contributed by atoms with E-state index < -0.39 is 0 Å². The number of rotatable bonds is 10. The van der Waals surface area contributed by atoms with E-state index in [0.29, 0.717) is 34.0 Å². The fraction of sp³-hybridized carbons (Fsp3) is 0.160. The van der Waals surface area contributed by atoms with Crippen LogP contribution in [0.1, 0.15) is 12.7 Å². The fourth-order valence-electron chi connectivity index (χ4n) is 3.17. The first kappa shape index (κ1) is 23.7. The smallest absolute Gasteiger partial charge is 0.234 e. The van der Waals surface area contributed by atoms with Gasteiger partial charge in [0.15, 0.2) is 11.0 Å². The zero-order chi connectivity index (χ0) is 23.8. The molecule has 3 aromatic carbocycles. The Bertz CT molecular complexity index is 1230. The van der Waals surface area contributed by atoms with Crippen LogP contribution in [0, 0.1) is 0 Å². The number of ether oxygens (including phenoxy) is 2. The number of halogens is 1. The monoisotopic (exact) mass is 494 g/mol. The summed E-state index contributed by atoms with van der Waals surface area (Å²) in [5.74, 6) is 1.94. The van der Waals surface area contributed by atoms with Crippen molar-refractivity contribution in [3.63, 3.8) is 0 Å². The predicted octanol–water partition coefficient (Wildman–Crippen LogP) is 5.63. The molecule has 0 aliphatic rings. The molecule has 34 heavy (non-hydrogen) atoms. The number of nitrogens with one attached hydrogen (secondary N) is 1. The van der Waals surface area contributed by atoms with E-state index in [-0.39, 0.29) is 18.3 Å². The minimum Gasteiger partial charge on any atom is -0.492 e. The highest BCUT2D eigenvalue weighted by atomic mass is 35.5. The first-order valence-electron chi connectivity index (χ1n) is 10.7. The Hall–Kier alpha value is -3.49. The van der Waals surface area contributed by atoms with Crippen molar-refractivity contribution in [1.82, 2.24) is 14.8 Å². The molecule has 1 aromatic heterocycles. The molecule has 0 spiro atoms. The quantitative estimate of drug-likeness (QED) is 0.288. The van der Waals surface area contributed by atoms with E-state index in [1.165, 1.54) is 11.8 Å². The SMILES string of the molecule is CCOc1ccccc1NC(=O)CSc1nnc(COc2ccccc2)n1-c1ccc(Cl)cc1. The summed E-state index contributed by atoms with van der Waals surface area (Å²) in [4.78, 5) is 12.7. The molecule has 0 aliphatic carbocycles. The Morgan fingerprint density at radius 3 is 2.47 bits per heavy atom. The van der Waals surface area contributed by atoms with E-state index in [4.69, 9.17) is 21.1 Å². The van der Waals surface area contributed by atoms with Gasteiger partial charge in [-0.1, -0.05) is 53.7 Å². The van der Waals surface area contributed by atoms with Crippen LogP contribution in [-0.4, -0.2) is 33.0 Å². The summed E-state index contributed by atoms with van der Waals surface area (Å²) in [6.45, 7) is 2.63. The van der Waals surface area contributed by atoms with Gasteiger partial charge < -0.3 is 14.8 Å². The van der Waals surface area contributed by atoms with Crippen LogP contribution in [0.2, 0.25) is 5.02 Å². The van der Waals surface area contributed by atoms with Gasteiger partial charge in [0.05, 0.1) is 18.0 Å². The highest BCUT2D eigenvalue weighted by molar-refractivity contribution is 7.99. The number of aromatic nitrogens is 3. The van der Waals surface area contributed by atoms with Crippen LogP contribution in [0.4, 0.5) is 5.69 Å². The lowest BCUT2D eigenvalue weighted by atomic mass is 10.3. The van der Waals surface area contributed by atoms with Gasteiger partial charge in [-0.05, 0) is 55.5 Å². The number of thioether (sulfide) groups is 1. The Kier molecular flexibility index (Phi) is 8.06. The van der Waals surface area contributed by atoms with Gasteiger partial charge in [-0.3, -0.25) is 9.36 Å². The molecule has 0 fully saturated rings. The van der Waals surface area contributed by atoms with E-state index in [1.54, 1.807) is 12.1 Å². The van der Waals surface area contributed by atoms with Gasteiger partial charge in [0.25, 0.3) is 0 Å². The van der Waals surface area contributed by atoms with E-state index in [9.17, 15) is 4.79 Å². The Morgan fingerprint density at radius 2 is 1.71 bits per heavy atom. The first-order chi connectivity index (χ1) is 16.6. The lowest BCUT2D eigenvalue weighted by Gasteiger charge is -2.12. The number of anilines is 1. The summed E-state index contributed by atoms with van der Waals surface area (Å²) in [6.07, 6.45) is 0. The summed E-state index contributed by atoms with van der Waals surface area (Å²) in [5, 5.41) is 12.7. The van der Waals surface area contributed by atoms with Crippen LogP contribution < -0.4 is 14.8 Å². The van der Waals surface area contributed by atoms with Crippen molar-refractivity contribution in [3.05, 3.63) is 89.7 Å². The highest BCUT2D eigenvalue weighted by Crippen LogP contribution is 2.26.